The van der Waals surface area contributed by atoms with Gasteiger partial charge in [0.1, 0.15) is 0 Å². The van der Waals surface area contributed by atoms with Crippen molar-refractivity contribution >= 4 is 27.3 Å². The number of amides is 1. The molecule has 0 unspecified atom stereocenters. The Morgan fingerprint density at radius 1 is 1.43 bits per heavy atom. The monoisotopic (exact) mass is 304 g/mol. The molecule has 3 rings (SSSR count). The highest BCUT2D eigenvalue weighted by Gasteiger charge is 2.32. The third-order valence-electron chi connectivity index (χ3n) is 3.80. The Balaban J connectivity index is 1.73. The molecule has 1 amide bonds. The highest BCUT2D eigenvalue weighted by Crippen LogP contribution is 2.25. The standard InChI is InChI=1S/C16H20N2O2S/c1-3-20-13-10-18(2)9-12(13)17-16(19)15-8-11-6-4-5-7-14(11)21-15/h4-8,12-13H,3,9-10H2,1-2H3,(H,17,19)/t12-,13-/m0/s1. The molecule has 2 aromatic rings. The molecular formula is C16H20N2O2S. The predicted octanol–water partition coefficient (Wildman–Crippen LogP) is 2.35. The summed E-state index contributed by atoms with van der Waals surface area (Å²) in [6.45, 7) is 4.36. The Hall–Kier alpha value is -1.43. The summed E-state index contributed by atoms with van der Waals surface area (Å²) >= 11 is 1.54. The number of thiophene rings is 1. The van der Waals surface area contributed by atoms with Crippen molar-refractivity contribution < 1.29 is 9.53 Å². The summed E-state index contributed by atoms with van der Waals surface area (Å²) in [7, 11) is 2.05. The summed E-state index contributed by atoms with van der Waals surface area (Å²) in [4.78, 5) is 15.4. The quantitative estimate of drug-likeness (QED) is 0.943. The van der Waals surface area contributed by atoms with Gasteiger partial charge in [0.2, 0.25) is 0 Å². The highest BCUT2D eigenvalue weighted by molar-refractivity contribution is 7.20. The maximum atomic E-state index is 12.5. The van der Waals surface area contributed by atoms with Gasteiger partial charge in [0, 0.05) is 24.4 Å². The molecule has 0 saturated carbocycles. The molecule has 1 aliphatic heterocycles. The Morgan fingerprint density at radius 3 is 3.00 bits per heavy atom. The van der Waals surface area contributed by atoms with Gasteiger partial charge in [-0.1, -0.05) is 18.2 Å². The Kier molecular flexibility index (Phi) is 4.24. The molecule has 5 heteroatoms. The lowest BCUT2D eigenvalue weighted by molar-refractivity contribution is 0.0514. The maximum absolute atomic E-state index is 12.5. The van der Waals surface area contributed by atoms with Gasteiger partial charge >= 0.3 is 0 Å². The van der Waals surface area contributed by atoms with Crippen LogP contribution in [-0.2, 0) is 4.74 Å². The largest absolute Gasteiger partial charge is 0.375 e. The minimum absolute atomic E-state index is 0.00111. The van der Waals surface area contributed by atoms with Crippen LogP contribution in [0.15, 0.2) is 30.3 Å². The lowest BCUT2D eigenvalue weighted by Gasteiger charge is -2.19. The number of benzene rings is 1. The zero-order valence-corrected chi connectivity index (χ0v) is 13.2. The van der Waals surface area contributed by atoms with Crippen molar-refractivity contribution in [3.05, 3.63) is 35.2 Å². The van der Waals surface area contributed by atoms with E-state index in [0.717, 1.165) is 28.1 Å². The van der Waals surface area contributed by atoms with E-state index in [1.54, 1.807) is 0 Å². The first kappa shape index (κ1) is 14.5. The normalized spacial score (nSPS) is 22.8. The van der Waals surface area contributed by atoms with Crippen molar-refractivity contribution in [1.29, 1.82) is 0 Å². The minimum Gasteiger partial charge on any atom is -0.375 e. The zero-order valence-electron chi connectivity index (χ0n) is 12.3. The van der Waals surface area contributed by atoms with E-state index in [2.05, 4.69) is 17.3 Å². The second-order valence-electron chi connectivity index (χ2n) is 5.44. The second-order valence-corrected chi connectivity index (χ2v) is 6.53. The van der Waals surface area contributed by atoms with Crippen LogP contribution in [0.5, 0.6) is 0 Å². The van der Waals surface area contributed by atoms with Crippen molar-refractivity contribution in [3.8, 4) is 0 Å². The van der Waals surface area contributed by atoms with E-state index in [1.165, 1.54) is 11.3 Å². The molecule has 1 aliphatic rings. The summed E-state index contributed by atoms with van der Waals surface area (Å²) < 4.78 is 6.87. The molecule has 21 heavy (non-hydrogen) atoms. The van der Waals surface area contributed by atoms with Crippen LogP contribution in [0.25, 0.3) is 10.1 Å². The van der Waals surface area contributed by atoms with Gasteiger partial charge in [0.05, 0.1) is 17.0 Å². The van der Waals surface area contributed by atoms with Crippen LogP contribution in [0.1, 0.15) is 16.6 Å². The molecule has 0 spiro atoms. The first-order chi connectivity index (χ1) is 10.2. The lowest BCUT2D eigenvalue weighted by Crippen LogP contribution is -2.43. The fraction of sp³-hybridized carbons (Fsp3) is 0.438. The first-order valence-corrected chi connectivity index (χ1v) is 8.08. The fourth-order valence-corrected chi connectivity index (χ4v) is 3.78. The summed E-state index contributed by atoms with van der Waals surface area (Å²) in [5.74, 6) is 0.00111. The van der Waals surface area contributed by atoms with Crippen molar-refractivity contribution in [1.82, 2.24) is 10.2 Å². The molecule has 1 fully saturated rings. The smallest absolute Gasteiger partial charge is 0.261 e. The fourth-order valence-electron chi connectivity index (χ4n) is 2.82. The molecule has 112 valence electrons. The topological polar surface area (TPSA) is 41.6 Å². The average molecular weight is 304 g/mol. The maximum Gasteiger partial charge on any atom is 0.261 e. The highest BCUT2D eigenvalue weighted by atomic mass is 32.1. The van der Waals surface area contributed by atoms with Crippen LogP contribution in [-0.4, -0.2) is 49.7 Å². The molecule has 1 N–H and O–H groups in total. The molecule has 0 bridgehead atoms. The number of fused-ring (bicyclic) bond motifs is 1. The zero-order chi connectivity index (χ0) is 14.8. The number of hydrogen-bond acceptors (Lipinski definition) is 4. The number of nitrogens with zero attached hydrogens (tertiary/aromatic N) is 1. The number of carbonyl (C=O) groups excluding carboxylic acids is 1. The van der Waals surface area contributed by atoms with E-state index in [0.29, 0.717) is 6.61 Å². The first-order valence-electron chi connectivity index (χ1n) is 7.27. The molecule has 4 nitrogen and oxygen atoms in total. The van der Waals surface area contributed by atoms with Crippen LogP contribution >= 0.6 is 11.3 Å². The molecular weight excluding hydrogens is 284 g/mol. The Labute approximate surface area is 128 Å². The third kappa shape index (κ3) is 3.10. The number of likely N-dealkylation sites (N-methyl/N-ethyl adjacent to an activating group) is 1. The van der Waals surface area contributed by atoms with Crippen molar-refractivity contribution in [2.24, 2.45) is 0 Å². The minimum atomic E-state index is 0.00111. The predicted molar refractivity (Wildman–Crippen MR) is 86.0 cm³/mol. The van der Waals surface area contributed by atoms with Gasteiger partial charge in [-0.3, -0.25) is 4.79 Å². The molecule has 0 radical (unpaired) electrons. The summed E-state index contributed by atoms with van der Waals surface area (Å²) in [5, 5.41) is 4.25. The Bertz CT molecular complexity index is 607. The Morgan fingerprint density at radius 2 is 2.24 bits per heavy atom. The van der Waals surface area contributed by atoms with Crippen LogP contribution in [0.2, 0.25) is 0 Å². The average Bonchev–Trinajstić information content (AvgIpc) is 3.03. The number of likely N-dealkylation sites (tertiary alicyclic amines) is 1. The van der Waals surface area contributed by atoms with Gasteiger partial charge in [-0.25, -0.2) is 0 Å². The summed E-state index contributed by atoms with van der Waals surface area (Å²) in [5.41, 5.74) is 0. The van der Waals surface area contributed by atoms with Crippen molar-refractivity contribution in [3.63, 3.8) is 0 Å². The number of rotatable bonds is 4. The van der Waals surface area contributed by atoms with Gasteiger partial charge in [-0.05, 0) is 31.5 Å². The van der Waals surface area contributed by atoms with Gasteiger partial charge < -0.3 is 15.0 Å². The SMILES string of the molecule is CCO[C@H]1CN(C)C[C@@H]1NC(=O)c1cc2ccccc2s1. The van der Waals surface area contributed by atoms with Gasteiger partial charge in [-0.2, -0.15) is 0 Å². The lowest BCUT2D eigenvalue weighted by atomic mass is 10.2. The van der Waals surface area contributed by atoms with Crippen molar-refractivity contribution in [2.45, 2.75) is 19.1 Å². The second kappa shape index (κ2) is 6.13. The third-order valence-corrected chi connectivity index (χ3v) is 4.91. The molecule has 0 aliphatic carbocycles. The van der Waals surface area contributed by atoms with E-state index in [9.17, 15) is 4.79 Å². The van der Waals surface area contributed by atoms with Crippen LogP contribution in [0, 0.1) is 0 Å². The van der Waals surface area contributed by atoms with Gasteiger partial charge in [-0.15, -0.1) is 11.3 Å². The van der Waals surface area contributed by atoms with Crippen LogP contribution in [0.3, 0.4) is 0 Å². The van der Waals surface area contributed by atoms with E-state index >= 15 is 0 Å². The van der Waals surface area contributed by atoms with E-state index in [-0.39, 0.29) is 18.1 Å². The van der Waals surface area contributed by atoms with E-state index < -0.39 is 0 Å². The van der Waals surface area contributed by atoms with E-state index in [4.69, 9.17) is 4.74 Å². The molecule has 2 heterocycles. The molecule has 1 aromatic carbocycles. The molecule has 1 aromatic heterocycles. The number of ether oxygens (including phenoxy) is 1. The van der Waals surface area contributed by atoms with Gasteiger partial charge in [0.25, 0.3) is 5.91 Å². The number of carbonyl (C=O) groups is 1. The molecule has 2 atom stereocenters. The van der Waals surface area contributed by atoms with Crippen LogP contribution < -0.4 is 5.32 Å². The van der Waals surface area contributed by atoms with Crippen molar-refractivity contribution in [2.75, 3.05) is 26.7 Å². The molecule has 1 saturated heterocycles. The van der Waals surface area contributed by atoms with E-state index in [1.807, 2.05) is 37.3 Å². The van der Waals surface area contributed by atoms with Gasteiger partial charge in [0.15, 0.2) is 0 Å². The van der Waals surface area contributed by atoms with Crippen LogP contribution in [0.4, 0.5) is 0 Å². The summed E-state index contributed by atoms with van der Waals surface area (Å²) in [6, 6.07) is 10.1. The number of hydrogen-bond donors (Lipinski definition) is 1. The number of nitrogens with one attached hydrogen (secondary N) is 1. The summed E-state index contributed by atoms with van der Waals surface area (Å²) in [6.07, 6.45) is 0.0818.